The summed E-state index contributed by atoms with van der Waals surface area (Å²) in [6, 6.07) is 20.5. The number of hydrogen-bond donors (Lipinski definition) is 0. The molecule has 2 heteroatoms. The Morgan fingerprint density at radius 2 is 0.964 bits per heavy atom. The smallest absolute Gasteiger partial charge is 0.145 e. The lowest BCUT2D eigenvalue weighted by Gasteiger charge is -2.37. The zero-order chi connectivity index (χ0) is 22.1. The molecule has 0 N–H and O–H groups in total. The van der Waals surface area contributed by atoms with Gasteiger partial charge < -0.3 is 9.47 Å². The maximum atomic E-state index is 4.47. The van der Waals surface area contributed by atoms with E-state index in [0.717, 1.165) is 0 Å². The van der Waals surface area contributed by atoms with E-state index < -0.39 is 0 Å². The SMILES string of the molecule is CCC(C)(C)C(C)(C)C.COCOC.Cc1ccccc1.Cc1ccccc1. The maximum absolute atomic E-state index is 4.47. The van der Waals surface area contributed by atoms with Gasteiger partial charge in [0.15, 0.2) is 0 Å². The normalized spacial score (nSPS) is 10.4. The van der Waals surface area contributed by atoms with Gasteiger partial charge in [0.1, 0.15) is 6.79 Å². The predicted octanol–water partition coefficient (Wildman–Crippen LogP) is 7.70. The van der Waals surface area contributed by atoms with Gasteiger partial charge in [-0.25, -0.2) is 0 Å². The molecular formula is C26H44O2. The van der Waals surface area contributed by atoms with Crippen LogP contribution < -0.4 is 0 Å². The summed E-state index contributed by atoms with van der Waals surface area (Å²) < 4.78 is 8.94. The molecule has 0 amide bonds. The quantitative estimate of drug-likeness (QED) is 0.502. The van der Waals surface area contributed by atoms with Crippen LogP contribution in [-0.2, 0) is 9.47 Å². The fraction of sp³-hybridized carbons (Fsp3) is 0.538. The molecule has 2 nitrogen and oxygen atoms in total. The van der Waals surface area contributed by atoms with Crippen LogP contribution in [-0.4, -0.2) is 21.0 Å². The molecule has 28 heavy (non-hydrogen) atoms. The fourth-order valence-electron chi connectivity index (χ4n) is 1.72. The van der Waals surface area contributed by atoms with Crippen LogP contribution in [0.1, 0.15) is 59.1 Å². The average Bonchev–Trinajstić information content (AvgIpc) is 2.64. The Morgan fingerprint density at radius 1 is 0.643 bits per heavy atom. The van der Waals surface area contributed by atoms with E-state index in [1.807, 2.05) is 36.4 Å². The van der Waals surface area contributed by atoms with Crippen LogP contribution in [0.5, 0.6) is 0 Å². The van der Waals surface area contributed by atoms with Gasteiger partial charge in [-0.2, -0.15) is 0 Å². The molecule has 2 aromatic carbocycles. The number of hydrogen-bond acceptors (Lipinski definition) is 2. The molecule has 0 aliphatic heterocycles. The number of ether oxygens (including phenoxy) is 2. The highest BCUT2D eigenvalue weighted by atomic mass is 16.6. The third-order valence-electron chi connectivity index (χ3n) is 5.03. The predicted molar refractivity (Wildman–Crippen MR) is 125 cm³/mol. The minimum Gasteiger partial charge on any atom is -0.359 e. The minimum absolute atomic E-state index is 0.389. The molecule has 0 aromatic heterocycles. The summed E-state index contributed by atoms with van der Waals surface area (Å²) >= 11 is 0. The standard InChI is InChI=1S/C9H20.2C7H8.C3H8O2/c1-7-9(5,6)8(2,3)4;2*1-7-5-3-2-4-6-7;1-4-3-5-2/h7H2,1-6H3;2*2-6H,1H3;3H2,1-2H3. The third kappa shape index (κ3) is 16.5. The van der Waals surface area contributed by atoms with Crippen LogP contribution in [0, 0.1) is 24.7 Å². The van der Waals surface area contributed by atoms with Crippen molar-refractivity contribution in [3.8, 4) is 0 Å². The van der Waals surface area contributed by atoms with Crippen LogP contribution in [0.15, 0.2) is 60.7 Å². The van der Waals surface area contributed by atoms with Gasteiger partial charge in [-0.3, -0.25) is 0 Å². The highest BCUT2D eigenvalue weighted by Crippen LogP contribution is 2.40. The summed E-state index contributed by atoms with van der Waals surface area (Å²) in [7, 11) is 3.17. The van der Waals surface area contributed by atoms with E-state index in [0.29, 0.717) is 17.6 Å². The summed E-state index contributed by atoms with van der Waals surface area (Å²) in [6.45, 7) is 18.4. The molecule has 160 valence electrons. The highest BCUT2D eigenvalue weighted by Gasteiger charge is 2.30. The number of methoxy groups -OCH3 is 2. The molecule has 0 fully saturated rings. The molecular weight excluding hydrogens is 344 g/mol. The maximum Gasteiger partial charge on any atom is 0.145 e. The van der Waals surface area contributed by atoms with Crippen LogP contribution in [0.25, 0.3) is 0 Å². The van der Waals surface area contributed by atoms with Crippen LogP contribution >= 0.6 is 0 Å². The van der Waals surface area contributed by atoms with Gasteiger partial charge in [-0.15, -0.1) is 0 Å². The Kier molecular flexibility index (Phi) is 16.7. The summed E-state index contributed by atoms with van der Waals surface area (Å²) in [5.74, 6) is 0. The van der Waals surface area contributed by atoms with Crippen LogP contribution in [0.4, 0.5) is 0 Å². The van der Waals surface area contributed by atoms with Crippen molar-refractivity contribution in [2.75, 3.05) is 21.0 Å². The molecule has 0 spiro atoms. The Bertz CT molecular complexity index is 514. The van der Waals surface area contributed by atoms with E-state index in [4.69, 9.17) is 0 Å². The molecule has 0 aliphatic carbocycles. The van der Waals surface area contributed by atoms with Crippen LogP contribution in [0.3, 0.4) is 0 Å². The lowest BCUT2D eigenvalue weighted by atomic mass is 9.68. The fourth-order valence-corrected chi connectivity index (χ4v) is 1.72. The van der Waals surface area contributed by atoms with Gasteiger partial charge in [0.2, 0.25) is 0 Å². The summed E-state index contributed by atoms with van der Waals surface area (Å²) in [5.41, 5.74) is 3.57. The largest absolute Gasteiger partial charge is 0.359 e. The molecule has 0 saturated heterocycles. The second-order valence-electron chi connectivity index (χ2n) is 8.49. The zero-order valence-electron chi connectivity index (χ0n) is 20.0. The Balaban J connectivity index is 0. The van der Waals surface area contributed by atoms with Gasteiger partial charge in [0, 0.05) is 14.2 Å². The molecule has 0 atom stereocenters. The third-order valence-corrected chi connectivity index (χ3v) is 5.03. The second-order valence-corrected chi connectivity index (χ2v) is 8.49. The van der Waals surface area contributed by atoms with Gasteiger partial charge in [0.25, 0.3) is 0 Å². The van der Waals surface area contributed by atoms with Crippen molar-refractivity contribution in [1.29, 1.82) is 0 Å². The molecule has 2 aromatic rings. The Labute approximate surface area is 175 Å². The van der Waals surface area contributed by atoms with Gasteiger partial charge >= 0.3 is 0 Å². The molecule has 0 heterocycles. The van der Waals surface area contributed by atoms with Gasteiger partial charge in [-0.1, -0.05) is 120 Å². The summed E-state index contributed by atoms with van der Waals surface area (Å²) in [5, 5.41) is 0. The molecule has 0 unspecified atom stereocenters. The summed E-state index contributed by atoms with van der Waals surface area (Å²) in [4.78, 5) is 0. The van der Waals surface area contributed by atoms with Gasteiger partial charge in [0.05, 0.1) is 0 Å². The van der Waals surface area contributed by atoms with Crippen LogP contribution in [0.2, 0.25) is 0 Å². The van der Waals surface area contributed by atoms with Crippen molar-refractivity contribution in [2.24, 2.45) is 10.8 Å². The average molecular weight is 389 g/mol. The first kappa shape index (κ1) is 28.6. The van der Waals surface area contributed by atoms with Crippen molar-refractivity contribution in [3.05, 3.63) is 71.8 Å². The Morgan fingerprint density at radius 3 is 1.04 bits per heavy atom. The summed E-state index contributed by atoms with van der Waals surface area (Å²) in [6.07, 6.45) is 1.26. The second kappa shape index (κ2) is 16.3. The van der Waals surface area contributed by atoms with E-state index in [-0.39, 0.29) is 0 Å². The number of rotatable bonds is 3. The molecule has 0 bridgehead atoms. The first-order valence-electron chi connectivity index (χ1n) is 10.0. The van der Waals surface area contributed by atoms with E-state index in [1.54, 1.807) is 14.2 Å². The van der Waals surface area contributed by atoms with E-state index in [2.05, 4.69) is 89.1 Å². The first-order chi connectivity index (χ1) is 13.0. The highest BCUT2D eigenvalue weighted by molar-refractivity contribution is 5.12. The zero-order valence-corrected chi connectivity index (χ0v) is 20.0. The van der Waals surface area contributed by atoms with E-state index in [1.165, 1.54) is 17.5 Å². The Hall–Kier alpha value is -1.64. The van der Waals surface area contributed by atoms with Gasteiger partial charge in [-0.05, 0) is 24.7 Å². The van der Waals surface area contributed by atoms with Crippen molar-refractivity contribution in [1.82, 2.24) is 0 Å². The minimum atomic E-state index is 0.389. The van der Waals surface area contributed by atoms with Crippen molar-refractivity contribution < 1.29 is 9.47 Å². The van der Waals surface area contributed by atoms with Crippen molar-refractivity contribution >= 4 is 0 Å². The number of benzene rings is 2. The topological polar surface area (TPSA) is 18.5 Å². The van der Waals surface area contributed by atoms with Crippen molar-refractivity contribution in [2.45, 2.75) is 61.8 Å². The molecule has 2 rings (SSSR count). The van der Waals surface area contributed by atoms with E-state index in [9.17, 15) is 0 Å². The molecule has 0 saturated carbocycles. The van der Waals surface area contributed by atoms with Crippen molar-refractivity contribution in [3.63, 3.8) is 0 Å². The lowest BCUT2D eigenvalue weighted by Crippen LogP contribution is -2.28. The first-order valence-corrected chi connectivity index (χ1v) is 10.0. The molecule has 0 aliphatic rings. The van der Waals surface area contributed by atoms with E-state index >= 15 is 0 Å². The number of aryl methyl sites for hydroxylation is 2. The molecule has 0 radical (unpaired) electrons. The lowest BCUT2D eigenvalue weighted by molar-refractivity contribution is -0.00271. The monoisotopic (exact) mass is 388 g/mol.